The normalized spacial score (nSPS) is 10.4. The molecule has 0 aliphatic rings. The monoisotopic (exact) mass is 421 g/mol. The van der Waals surface area contributed by atoms with Gasteiger partial charge in [0.2, 0.25) is 0 Å². The van der Waals surface area contributed by atoms with Gasteiger partial charge in [0.1, 0.15) is 5.76 Å². The Morgan fingerprint density at radius 1 is 0.968 bits per heavy atom. The van der Waals surface area contributed by atoms with Gasteiger partial charge in [-0.05, 0) is 61.0 Å². The maximum atomic E-state index is 13.0. The van der Waals surface area contributed by atoms with Gasteiger partial charge in [0, 0.05) is 32.0 Å². The summed E-state index contributed by atoms with van der Waals surface area (Å²) in [4.78, 5) is 28.5. The number of ether oxygens (including phenoxy) is 1. The van der Waals surface area contributed by atoms with Crippen LogP contribution in [-0.2, 0) is 17.8 Å². The van der Waals surface area contributed by atoms with Crippen molar-refractivity contribution in [1.82, 2.24) is 4.90 Å². The fourth-order valence-corrected chi connectivity index (χ4v) is 3.02. The average molecular weight is 421 g/mol. The minimum atomic E-state index is -0.388. The summed E-state index contributed by atoms with van der Waals surface area (Å²) in [6.07, 6.45) is 1.59. The molecule has 162 valence electrons. The van der Waals surface area contributed by atoms with E-state index in [4.69, 9.17) is 9.15 Å². The molecule has 0 radical (unpaired) electrons. The van der Waals surface area contributed by atoms with Crippen LogP contribution in [0.15, 0.2) is 71.3 Å². The molecule has 0 saturated heterocycles. The third-order valence-electron chi connectivity index (χ3n) is 4.69. The number of anilines is 2. The molecule has 1 aromatic heterocycles. The van der Waals surface area contributed by atoms with E-state index in [1.54, 1.807) is 48.4 Å². The van der Waals surface area contributed by atoms with E-state index in [0.29, 0.717) is 36.7 Å². The lowest BCUT2D eigenvalue weighted by atomic mass is 10.2. The number of rotatable bonds is 8. The SMILES string of the molecule is CCOC(=O)c1ccc(NC(=O)N(Cc2ccc(N(C)C)cc2)Cc2ccco2)cc1. The van der Waals surface area contributed by atoms with Gasteiger partial charge in [-0.1, -0.05) is 12.1 Å². The van der Waals surface area contributed by atoms with Crippen LogP contribution in [0.2, 0.25) is 0 Å². The molecule has 1 N–H and O–H groups in total. The van der Waals surface area contributed by atoms with Gasteiger partial charge in [-0.15, -0.1) is 0 Å². The number of furan rings is 1. The second-order valence-electron chi connectivity index (χ2n) is 7.22. The Kier molecular flexibility index (Phi) is 7.32. The van der Waals surface area contributed by atoms with Crippen LogP contribution in [0.4, 0.5) is 16.2 Å². The zero-order valence-corrected chi connectivity index (χ0v) is 18.0. The maximum absolute atomic E-state index is 13.0. The van der Waals surface area contributed by atoms with Crippen molar-refractivity contribution in [2.24, 2.45) is 0 Å². The molecule has 7 nitrogen and oxygen atoms in total. The Hall–Kier alpha value is -3.74. The molecule has 2 aromatic carbocycles. The topological polar surface area (TPSA) is 75.0 Å². The highest BCUT2D eigenvalue weighted by atomic mass is 16.5. The van der Waals surface area contributed by atoms with Gasteiger partial charge in [-0.25, -0.2) is 9.59 Å². The van der Waals surface area contributed by atoms with Crippen molar-refractivity contribution >= 4 is 23.4 Å². The highest BCUT2D eigenvalue weighted by Crippen LogP contribution is 2.17. The Morgan fingerprint density at radius 3 is 2.26 bits per heavy atom. The van der Waals surface area contributed by atoms with Crippen LogP contribution in [0.25, 0.3) is 0 Å². The Balaban J connectivity index is 1.72. The Morgan fingerprint density at radius 2 is 1.68 bits per heavy atom. The third-order valence-corrected chi connectivity index (χ3v) is 4.69. The molecule has 0 fully saturated rings. The standard InChI is InChI=1S/C24H27N3O4/c1-4-30-23(28)19-9-11-20(12-10-19)25-24(29)27(17-22-6-5-15-31-22)16-18-7-13-21(14-8-18)26(2)3/h5-15H,4,16-17H2,1-3H3,(H,25,29). The van der Waals surface area contributed by atoms with E-state index in [2.05, 4.69) is 5.32 Å². The summed E-state index contributed by atoms with van der Waals surface area (Å²) >= 11 is 0. The molecule has 2 amide bonds. The molecule has 7 heteroatoms. The molecule has 3 rings (SSSR count). The molecule has 0 unspecified atom stereocenters. The van der Waals surface area contributed by atoms with Crippen LogP contribution in [0.5, 0.6) is 0 Å². The molecule has 0 spiro atoms. The quantitative estimate of drug-likeness (QED) is 0.531. The van der Waals surface area contributed by atoms with Gasteiger partial charge in [-0.2, -0.15) is 0 Å². The molecular weight excluding hydrogens is 394 g/mol. The number of hydrogen-bond donors (Lipinski definition) is 1. The number of benzene rings is 2. The predicted molar refractivity (Wildman–Crippen MR) is 120 cm³/mol. The second-order valence-corrected chi connectivity index (χ2v) is 7.22. The first-order chi connectivity index (χ1) is 15.0. The van der Waals surface area contributed by atoms with Crippen LogP contribution >= 0.6 is 0 Å². The summed E-state index contributed by atoms with van der Waals surface area (Å²) in [6, 6.07) is 18.0. The highest BCUT2D eigenvalue weighted by Gasteiger charge is 2.17. The van der Waals surface area contributed by atoms with E-state index in [0.717, 1.165) is 11.3 Å². The zero-order valence-electron chi connectivity index (χ0n) is 18.0. The van der Waals surface area contributed by atoms with Gasteiger partial charge in [0.25, 0.3) is 0 Å². The van der Waals surface area contributed by atoms with E-state index in [9.17, 15) is 9.59 Å². The van der Waals surface area contributed by atoms with E-state index in [-0.39, 0.29) is 12.0 Å². The van der Waals surface area contributed by atoms with Crippen LogP contribution in [0.1, 0.15) is 28.6 Å². The number of hydrogen-bond acceptors (Lipinski definition) is 5. The van der Waals surface area contributed by atoms with E-state index in [1.807, 2.05) is 49.3 Å². The van der Waals surface area contributed by atoms with Crippen molar-refractivity contribution in [2.45, 2.75) is 20.0 Å². The number of amides is 2. The van der Waals surface area contributed by atoms with Crippen LogP contribution < -0.4 is 10.2 Å². The van der Waals surface area contributed by atoms with Crippen molar-refractivity contribution in [3.63, 3.8) is 0 Å². The van der Waals surface area contributed by atoms with Gasteiger partial charge >= 0.3 is 12.0 Å². The Bertz CT molecular complexity index is 981. The molecule has 3 aromatic rings. The zero-order chi connectivity index (χ0) is 22.2. The smallest absolute Gasteiger partial charge is 0.338 e. The van der Waals surface area contributed by atoms with Crippen molar-refractivity contribution in [3.8, 4) is 0 Å². The first-order valence-corrected chi connectivity index (χ1v) is 10.1. The minimum absolute atomic E-state index is 0.267. The lowest BCUT2D eigenvalue weighted by molar-refractivity contribution is 0.0526. The first kappa shape index (κ1) is 22.0. The molecule has 0 bridgehead atoms. The van der Waals surface area contributed by atoms with E-state index >= 15 is 0 Å². The maximum Gasteiger partial charge on any atom is 0.338 e. The molecule has 0 saturated carbocycles. The van der Waals surface area contributed by atoms with Crippen molar-refractivity contribution < 1.29 is 18.7 Å². The Labute approximate surface area is 182 Å². The number of carbonyl (C=O) groups is 2. The van der Waals surface area contributed by atoms with Gasteiger partial charge in [-0.3, -0.25) is 0 Å². The largest absolute Gasteiger partial charge is 0.467 e. The molecule has 0 aliphatic carbocycles. The summed E-state index contributed by atoms with van der Waals surface area (Å²) in [7, 11) is 3.97. The first-order valence-electron chi connectivity index (χ1n) is 10.1. The van der Waals surface area contributed by atoms with E-state index < -0.39 is 0 Å². The van der Waals surface area contributed by atoms with Crippen molar-refractivity contribution in [3.05, 3.63) is 83.8 Å². The van der Waals surface area contributed by atoms with Gasteiger partial charge < -0.3 is 24.3 Å². The van der Waals surface area contributed by atoms with Crippen molar-refractivity contribution in [1.29, 1.82) is 0 Å². The molecule has 0 atom stereocenters. The average Bonchev–Trinajstić information content (AvgIpc) is 3.27. The third kappa shape index (κ3) is 6.12. The fourth-order valence-electron chi connectivity index (χ4n) is 3.02. The summed E-state index contributed by atoms with van der Waals surface area (Å²) in [5.74, 6) is 0.304. The predicted octanol–water partition coefficient (Wildman–Crippen LogP) is 4.76. The van der Waals surface area contributed by atoms with Crippen LogP contribution in [0.3, 0.4) is 0 Å². The van der Waals surface area contributed by atoms with E-state index in [1.165, 1.54) is 0 Å². The number of nitrogens with one attached hydrogen (secondary N) is 1. The number of urea groups is 1. The van der Waals surface area contributed by atoms with Gasteiger partial charge in [0.15, 0.2) is 0 Å². The molecule has 0 aliphatic heterocycles. The minimum Gasteiger partial charge on any atom is -0.467 e. The summed E-state index contributed by atoms with van der Waals surface area (Å²) in [6.45, 7) is 2.82. The van der Waals surface area contributed by atoms with Crippen LogP contribution in [0, 0.1) is 0 Å². The molecular formula is C24H27N3O4. The number of carbonyl (C=O) groups excluding carboxylic acids is 2. The number of nitrogens with zero attached hydrogens (tertiary/aromatic N) is 2. The number of esters is 1. The lowest BCUT2D eigenvalue weighted by Gasteiger charge is -2.23. The van der Waals surface area contributed by atoms with Gasteiger partial charge in [0.05, 0.1) is 25.0 Å². The van der Waals surface area contributed by atoms with Crippen LogP contribution in [-0.4, -0.2) is 37.6 Å². The molecule has 1 heterocycles. The molecule has 31 heavy (non-hydrogen) atoms. The second kappa shape index (κ2) is 10.3. The summed E-state index contributed by atoms with van der Waals surface area (Å²) in [5, 5.41) is 2.89. The lowest BCUT2D eigenvalue weighted by Crippen LogP contribution is -2.34. The highest BCUT2D eigenvalue weighted by molar-refractivity contribution is 5.92. The fraction of sp³-hybridized carbons (Fsp3) is 0.250. The summed E-state index contributed by atoms with van der Waals surface area (Å²) < 4.78 is 10.4. The summed E-state index contributed by atoms with van der Waals surface area (Å²) in [5.41, 5.74) is 3.12. The van der Waals surface area contributed by atoms with Crippen molar-refractivity contribution in [2.75, 3.05) is 30.9 Å².